The van der Waals surface area contributed by atoms with Gasteiger partial charge in [0.2, 0.25) is 0 Å². The number of hydrogen-bond donors (Lipinski definition) is 0. The molecule has 0 radical (unpaired) electrons. The van der Waals surface area contributed by atoms with E-state index in [0.717, 1.165) is 22.2 Å². The number of carbonyl (C=O) groups excluding carboxylic acids is 2. The lowest BCUT2D eigenvalue weighted by Crippen LogP contribution is -2.05. The molecule has 1 aromatic heterocycles. The largest absolute Gasteiger partial charge is 0.427 e. The molecule has 0 aliphatic heterocycles. The molecular weight excluding hydrogens is 366 g/mol. The van der Waals surface area contributed by atoms with Crippen LogP contribution in [0.1, 0.15) is 30.7 Å². The summed E-state index contributed by atoms with van der Waals surface area (Å²) in [5, 5.41) is 0.886. The van der Waals surface area contributed by atoms with Crippen molar-refractivity contribution < 1.29 is 19.1 Å². The Hall–Kier alpha value is -3.73. The first-order valence-corrected chi connectivity index (χ1v) is 9.15. The van der Waals surface area contributed by atoms with Crippen molar-refractivity contribution in [2.24, 2.45) is 0 Å². The smallest absolute Gasteiger partial charge is 0.308 e. The van der Waals surface area contributed by atoms with E-state index in [2.05, 4.69) is 11.6 Å². The van der Waals surface area contributed by atoms with Gasteiger partial charge in [0.1, 0.15) is 11.3 Å². The first-order valence-electron chi connectivity index (χ1n) is 9.15. The number of nitrogens with zero attached hydrogens (tertiary/aromatic N) is 1. The minimum Gasteiger partial charge on any atom is -0.427 e. The van der Waals surface area contributed by atoms with Crippen LogP contribution >= 0.6 is 0 Å². The number of esters is 2. The predicted octanol–water partition coefficient (Wildman–Crippen LogP) is 4.98. The van der Waals surface area contributed by atoms with Gasteiger partial charge in [-0.25, -0.2) is 4.98 Å². The van der Waals surface area contributed by atoms with Crippen molar-refractivity contribution in [1.29, 1.82) is 0 Å². The average Bonchev–Trinajstić information content (AvgIpc) is 2.68. The molecular formula is C24H21NO4. The number of rotatable bonds is 6. The Morgan fingerprint density at radius 1 is 0.931 bits per heavy atom. The summed E-state index contributed by atoms with van der Waals surface area (Å²) < 4.78 is 10.5. The molecule has 0 amide bonds. The van der Waals surface area contributed by atoms with Crippen molar-refractivity contribution >= 4 is 35.0 Å². The molecule has 3 aromatic rings. The maximum atomic E-state index is 11.6. The van der Waals surface area contributed by atoms with Gasteiger partial charge in [-0.1, -0.05) is 42.5 Å². The Balaban J connectivity index is 1.93. The van der Waals surface area contributed by atoms with Gasteiger partial charge in [-0.3, -0.25) is 9.59 Å². The summed E-state index contributed by atoms with van der Waals surface area (Å²) in [5.74, 6) is 0.224. The highest BCUT2D eigenvalue weighted by molar-refractivity contribution is 5.89. The molecule has 0 atom stereocenters. The molecule has 0 aliphatic rings. The third-order valence-corrected chi connectivity index (χ3v) is 4.12. The van der Waals surface area contributed by atoms with E-state index >= 15 is 0 Å². The summed E-state index contributed by atoms with van der Waals surface area (Å²) in [5.41, 5.74) is 3.15. The number of fused-ring (bicyclic) bond motifs is 1. The van der Waals surface area contributed by atoms with E-state index in [0.29, 0.717) is 23.4 Å². The van der Waals surface area contributed by atoms with Crippen LogP contribution in [0.2, 0.25) is 0 Å². The molecule has 0 fully saturated rings. The number of allylic oxidation sites excluding steroid dienone is 1. The fourth-order valence-corrected chi connectivity index (χ4v) is 2.88. The van der Waals surface area contributed by atoms with Crippen LogP contribution in [0.15, 0.2) is 61.2 Å². The van der Waals surface area contributed by atoms with Gasteiger partial charge in [0.05, 0.1) is 5.69 Å². The molecule has 5 nitrogen and oxygen atoms in total. The predicted molar refractivity (Wildman–Crippen MR) is 114 cm³/mol. The van der Waals surface area contributed by atoms with Crippen molar-refractivity contribution in [2.75, 3.05) is 0 Å². The Bertz CT molecular complexity index is 1100. The highest BCUT2D eigenvalue weighted by atomic mass is 16.5. The summed E-state index contributed by atoms with van der Waals surface area (Å²) in [6.07, 6.45) is 6.12. The van der Waals surface area contributed by atoms with Gasteiger partial charge in [0, 0.05) is 24.8 Å². The third kappa shape index (κ3) is 5.17. The normalized spacial score (nSPS) is 10.8. The highest BCUT2D eigenvalue weighted by Crippen LogP contribution is 2.30. The van der Waals surface area contributed by atoms with E-state index in [-0.39, 0.29) is 5.97 Å². The summed E-state index contributed by atoms with van der Waals surface area (Å²) in [6, 6.07) is 14.9. The molecule has 5 heteroatoms. The molecule has 0 aliphatic carbocycles. The standard InChI is InChI=1S/C24H21NO4/c1-4-5-20-10-9-19-11-13-21(25-23(19)24(20)29-17(3)27)12-6-18-7-14-22(15-8-18)28-16(2)26/h4,6-15H,1,5H2,2-3H3. The molecule has 1 heterocycles. The minimum atomic E-state index is -0.390. The van der Waals surface area contributed by atoms with Crippen molar-refractivity contribution in [2.45, 2.75) is 20.3 Å². The van der Waals surface area contributed by atoms with Gasteiger partial charge in [-0.05, 0) is 36.3 Å². The monoisotopic (exact) mass is 387 g/mol. The van der Waals surface area contributed by atoms with Crippen LogP contribution in [-0.2, 0) is 16.0 Å². The summed E-state index contributed by atoms with van der Waals surface area (Å²) in [7, 11) is 0. The zero-order valence-electron chi connectivity index (χ0n) is 16.3. The molecule has 3 rings (SSSR count). The Kier molecular flexibility index (Phi) is 6.19. The molecule has 0 unspecified atom stereocenters. The number of aromatic nitrogens is 1. The van der Waals surface area contributed by atoms with Gasteiger partial charge in [0.25, 0.3) is 0 Å². The zero-order chi connectivity index (χ0) is 20.8. The second-order valence-corrected chi connectivity index (χ2v) is 6.44. The van der Waals surface area contributed by atoms with Crippen LogP contribution in [0.4, 0.5) is 0 Å². The molecule has 29 heavy (non-hydrogen) atoms. The molecule has 2 aromatic carbocycles. The van der Waals surface area contributed by atoms with Crippen LogP contribution in [0.25, 0.3) is 23.1 Å². The van der Waals surface area contributed by atoms with E-state index in [1.54, 1.807) is 18.2 Å². The third-order valence-electron chi connectivity index (χ3n) is 4.12. The van der Waals surface area contributed by atoms with Crippen LogP contribution in [-0.4, -0.2) is 16.9 Å². The lowest BCUT2D eigenvalue weighted by Gasteiger charge is -2.11. The zero-order valence-corrected chi connectivity index (χ0v) is 16.3. The van der Waals surface area contributed by atoms with Crippen LogP contribution in [0.5, 0.6) is 11.5 Å². The molecule has 0 bridgehead atoms. The van der Waals surface area contributed by atoms with E-state index < -0.39 is 5.97 Å². The molecule has 146 valence electrons. The van der Waals surface area contributed by atoms with Crippen molar-refractivity contribution in [3.63, 3.8) is 0 Å². The van der Waals surface area contributed by atoms with E-state index in [1.165, 1.54) is 13.8 Å². The summed E-state index contributed by atoms with van der Waals surface area (Å²) in [4.78, 5) is 27.3. The van der Waals surface area contributed by atoms with Crippen molar-refractivity contribution in [3.8, 4) is 11.5 Å². The number of hydrogen-bond acceptors (Lipinski definition) is 5. The Labute approximate surface area is 169 Å². The number of benzene rings is 2. The van der Waals surface area contributed by atoms with Gasteiger partial charge < -0.3 is 9.47 Å². The number of carbonyl (C=O) groups is 2. The SMILES string of the molecule is C=CCc1ccc2ccc(C=Cc3ccc(OC(C)=O)cc3)nc2c1OC(C)=O. The van der Waals surface area contributed by atoms with Gasteiger partial charge in [-0.2, -0.15) is 0 Å². The first kappa shape index (κ1) is 20.0. The van der Waals surface area contributed by atoms with E-state index in [9.17, 15) is 9.59 Å². The van der Waals surface area contributed by atoms with Gasteiger partial charge >= 0.3 is 11.9 Å². The van der Waals surface area contributed by atoms with Gasteiger partial charge in [0.15, 0.2) is 5.75 Å². The van der Waals surface area contributed by atoms with Crippen molar-refractivity contribution in [3.05, 3.63) is 78.0 Å². The fraction of sp³-hybridized carbons (Fsp3) is 0.125. The van der Waals surface area contributed by atoms with Crippen molar-refractivity contribution in [1.82, 2.24) is 4.98 Å². The van der Waals surface area contributed by atoms with E-state index in [4.69, 9.17) is 9.47 Å². The maximum Gasteiger partial charge on any atom is 0.308 e. The first-order chi connectivity index (χ1) is 14.0. The Morgan fingerprint density at radius 3 is 2.28 bits per heavy atom. The lowest BCUT2D eigenvalue weighted by atomic mass is 10.1. The second kappa shape index (κ2) is 8.97. The molecule has 0 spiro atoms. The minimum absolute atomic E-state index is 0.354. The summed E-state index contributed by atoms with van der Waals surface area (Å²) >= 11 is 0. The number of pyridine rings is 1. The van der Waals surface area contributed by atoms with Crippen LogP contribution in [0.3, 0.4) is 0 Å². The quantitative estimate of drug-likeness (QED) is 0.339. The average molecular weight is 387 g/mol. The summed E-state index contributed by atoms with van der Waals surface area (Å²) in [6.45, 7) is 6.50. The highest BCUT2D eigenvalue weighted by Gasteiger charge is 2.12. The van der Waals surface area contributed by atoms with Crippen LogP contribution in [0, 0.1) is 0 Å². The molecule has 0 saturated carbocycles. The number of ether oxygens (including phenoxy) is 2. The van der Waals surface area contributed by atoms with Gasteiger partial charge in [-0.15, -0.1) is 6.58 Å². The van der Waals surface area contributed by atoms with E-state index in [1.807, 2.05) is 48.6 Å². The molecule has 0 saturated heterocycles. The Morgan fingerprint density at radius 2 is 1.62 bits per heavy atom. The lowest BCUT2D eigenvalue weighted by molar-refractivity contribution is -0.132. The molecule has 0 N–H and O–H groups in total. The maximum absolute atomic E-state index is 11.6. The van der Waals surface area contributed by atoms with Crippen LogP contribution < -0.4 is 9.47 Å². The second-order valence-electron chi connectivity index (χ2n) is 6.44. The fourth-order valence-electron chi connectivity index (χ4n) is 2.88. The topological polar surface area (TPSA) is 65.5 Å².